The number of amides is 2. The molecule has 1 aliphatic heterocycles. The van der Waals surface area contributed by atoms with Gasteiger partial charge in [-0.3, -0.25) is 4.79 Å². The number of nitrogens with one attached hydrogen (secondary N) is 2. The summed E-state index contributed by atoms with van der Waals surface area (Å²) in [5.74, 6) is -1.65. The minimum Gasteiger partial charge on any atom is -0.481 e. The van der Waals surface area contributed by atoms with Crippen LogP contribution in [0.25, 0.3) is 0 Å². The molecule has 20 heavy (non-hydrogen) atoms. The number of halogens is 1. The first-order valence-electron chi connectivity index (χ1n) is 6.16. The molecular formula is C13H15BrN2O4. The number of carboxylic acid groups (broad SMARTS) is 1. The Balaban J connectivity index is 1.84. The van der Waals surface area contributed by atoms with Gasteiger partial charge in [0.1, 0.15) is 5.92 Å². The smallest absolute Gasteiger partial charge is 0.315 e. The van der Waals surface area contributed by atoms with Crippen LogP contribution in [0, 0.1) is 5.92 Å². The quantitative estimate of drug-likeness (QED) is 0.770. The predicted molar refractivity (Wildman–Crippen MR) is 75.2 cm³/mol. The van der Waals surface area contributed by atoms with Crippen LogP contribution in [0.5, 0.6) is 0 Å². The van der Waals surface area contributed by atoms with Crippen molar-refractivity contribution >= 4 is 27.9 Å². The standard InChI is InChI=1S/C13H15BrN2O4/c14-10-4-2-1-3-8(10)5-15-13(19)16-11-7-20-6-9(11)12(17)18/h1-4,9,11H,5-7H2,(H,17,18)(H2,15,16,19). The zero-order valence-corrected chi connectivity index (χ0v) is 12.2. The van der Waals surface area contributed by atoms with Gasteiger partial charge in [-0.05, 0) is 11.6 Å². The molecule has 0 bridgehead atoms. The third-order valence-corrected chi connectivity index (χ3v) is 3.89. The van der Waals surface area contributed by atoms with E-state index in [-0.39, 0.29) is 13.2 Å². The monoisotopic (exact) mass is 342 g/mol. The number of rotatable bonds is 4. The van der Waals surface area contributed by atoms with E-state index in [1.807, 2.05) is 24.3 Å². The molecule has 0 aromatic heterocycles. The highest BCUT2D eigenvalue weighted by molar-refractivity contribution is 9.10. The summed E-state index contributed by atoms with van der Waals surface area (Å²) < 4.78 is 5.99. The summed E-state index contributed by atoms with van der Waals surface area (Å²) in [6.45, 7) is 0.711. The summed E-state index contributed by atoms with van der Waals surface area (Å²) in [6, 6.07) is 6.66. The van der Waals surface area contributed by atoms with E-state index >= 15 is 0 Å². The molecule has 1 saturated heterocycles. The van der Waals surface area contributed by atoms with Crippen LogP contribution in [0.1, 0.15) is 5.56 Å². The molecule has 1 aliphatic rings. The van der Waals surface area contributed by atoms with Gasteiger partial charge in [0.05, 0.1) is 19.3 Å². The number of hydrogen-bond acceptors (Lipinski definition) is 3. The molecule has 1 heterocycles. The molecule has 1 fully saturated rings. The molecular weight excluding hydrogens is 328 g/mol. The maximum absolute atomic E-state index is 11.8. The Morgan fingerprint density at radius 2 is 2.10 bits per heavy atom. The van der Waals surface area contributed by atoms with Crippen LogP contribution in [0.3, 0.4) is 0 Å². The second kappa shape index (κ2) is 6.71. The minimum absolute atomic E-state index is 0.129. The summed E-state index contributed by atoms with van der Waals surface area (Å²) in [6.07, 6.45) is 0. The zero-order valence-electron chi connectivity index (χ0n) is 10.6. The minimum atomic E-state index is -0.960. The number of hydrogen-bond donors (Lipinski definition) is 3. The van der Waals surface area contributed by atoms with E-state index in [4.69, 9.17) is 9.84 Å². The third-order valence-electron chi connectivity index (χ3n) is 3.11. The van der Waals surface area contributed by atoms with Crippen molar-refractivity contribution in [3.05, 3.63) is 34.3 Å². The summed E-state index contributed by atoms with van der Waals surface area (Å²) in [5, 5.41) is 14.3. The largest absolute Gasteiger partial charge is 0.481 e. The summed E-state index contributed by atoms with van der Waals surface area (Å²) in [7, 11) is 0. The number of carbonyl (C=O) groups excluding carboxylic acids is 1. The molecule has 2 amide bonds. The Labute approximate surface area is 124 Å². The lowest BCUT2D eigenvalue weighted by molar-refractivity contribution is -0.142. The van der Waals surface area contributed by atoms with Crippen LogP contribution in [-0.2, 0) is 16.1 Å². The SMILES string of the molecule is O=C(NCc1ccccc1Br)NC1COCC1C(=O)O. The number of urea groups is 1. The molecule has 0 aliphatic carbocycles. The van der Waals surface area contributed by atoms with E-state index in [2.05, 4.69) is 26.6 Å². The van der Waals surface area contributed by atoms with Crippen molar-refractivity contribution in [2.45, 2.75) is 12.6 Å². The average Bonchev–Trinajstić information content (AvgIpc) is 2.86. The maximum Gasteiger partial charge on any atom is 0.315 e. The molecule has 0 radical (unpaired) electrons. The molecule has 2 atom stereocenters. The Hall–Kier alpha value is -1.60. The first kappa shape index (κ1) is 14.8. The van der Waals surface area contributed by atoms with Crippen molar-refractivity contribution < 1.29 is 19.4 Å². The molecule has 2 rings (SSSR count). The van der Waals surface area contributed by atoms with Gasteiger partial charge in [-0.1, -0.05) is 34.1 Å². The molecule has 6 nitrogen and oxygen atoms in total. The van der Waals surface area contributed by atoms with E-state index in [1.165, 1.54) is 0 Å². The van der Waals surface area contributed by atoms with Crippen molar-refractivity contribution in [2.75, 3.05) is 13.2 Å². The molecule has 7 heteroatoms. The van der Waals surface area contributed by atoms with Crippen molar-refractivity contribution in [1.82, 2.24) is 10.6 Å². The van der Waals surface area contributed by atoms with Gasteiger partial charge in [0.15, 0.2) is 0 Å². The van der Waals surface area contributed by atoms with Gasteiger partial charge in [0.25, 0.3) is 0 Å². The Morgan fingerprint density at radius 1 is 1.35 bits per heavy atom. The number of aliphatic carboxylic acids is 1. The highest BCUT2D eigenvalue weighted by atomic mass is 79.9. The van der Waals surface area contributed by atoms with Gasteiger partial charge in [-0.15, -0.1) is 0 Å². The van der Waals surface area contributed by atoms with Gasteiger partial charge < -0.3 is 20.5 Å². The van der Waals surface area contributed by atoms with Crippen LogP contribution in [0.4, 0.5) is 4.79 Å². The first-order chi connectivity index (χ1) is 9.58. The molecule has 108 valence electrons. The highest BCUT2D eigenvalue weighted by Gasteiger charge is 2.34. The average molecular weight is 343 g/mol. The second-order valence-corrected chi connectivity index (χ2v) is 5.36. The topological polar surface area (TPSA) is 87.7 Å². The zero-order chi connectivity index (χ0) is 14.5. The van der Waals surface area contributed by atoms with Crippen LogP contribution in [-0.4, -0.2) is 36.4 Å². The van der Waals surface area contributed by atoms with Crippen LogP contribution in [0.15, 0.2) is 28.7 Å². The Kier molecular flexibility index (Phi) is 4.97. The van der Waals surface area contributed by atoms with Crippen LogP contribution >= 0.6 is 15.9 Å². The molecule has 1 aromatic rings. The fourth-order valence-electron chi connectivity index (χ4n) is 1.98. The summed E-state index contributed by atoms with van der Waals surface area (Å²) in [5.41, 5.74) is 0.945. The number of benzene rings is 1. The van der Waals surface area contributed by atoms with Crippen LogP contribution in [0.2, 0.25) is 0 Å². The van der Waals surface area contributed by atoms with Crippen molar-refractivity contribution in [2.24, 2.45) is 5.92 Å². The second-order valence-electron chi connectivity index (χ2n) is 4.51. The first-order valence-corrected chi connectivity index (χ1v) is 6.95. The number of ether oxygens (including phenoxy) is 1. The van der Waals surface area contributed by atoms with Crippen molar-refractivity contribution in [3.63, 3.8) is 0 Å². The highest BCUT2D eigenvalue weighted by Crippen LogP contribution is 2.16. The normalized spacial score (nSPS) is 21.4. The molecule has 0 saturated carbocycles. The van der Waals surface area contributed by atoms with Gasteiger partial charge in [0, 0.05) is 11.0 Å². The fraction of sp³-hybridized carbons (Fsp3) is 0.385. The van der Waals surface area contributed by atoms with E-state index in [1.54, 1.807) is 0 Å². The van der Waals surface area contributed by atoms with E-state index in [0.29, 0.717) is 6.54 Å². The van der Waals surface area contributed by atoms with Crippen molar-refractivity contribution in [3.8, 4) is 0 Å². The maximum atomic E-state index is 11.8. The lowest BCUT2D eigenvalue weighted by atomic mass is 10.0. The van der Waals surface area contributed by atoms with Crippen molar-refractivity contribution in [1.29, 1.82) is 0 Å². The lowest BCUT2D eigenvalue weighted by Crippen LogP contribution is -2.47. The van der Waals surface area contributed by atoms with E-state index in [9.17, 15) is 9.59 Å². The van der Waals surface area contributed by atoms with Gasteiger partial charge in [0.2, 0.25) is 0 Å². The lowest BCUT2D eigenvalue weighted by Gasteiger charge is -2.16. The van der Waals surface area contributed by atoms with Gasteiger partial charge in [-0.2, -0.15) is 0 Å². The molecule has 1 aromatic carbocycles. The summed E-state index contributed by atoms with van der Waals surface area (Å²) in [4.78, 5) is 22.7. The third kappa shape index (κ3) is 3.71. The Bertz CT molecular complexity index is 509. The predicted octanol–water partition coefficient (Wildman–Crippen LogP) is 1.35. The van der Waals surface area contributed by atoms with E-state index < -0.39 is 24.0 Å². The number of carboxylic acids is 1. The van der Waals surface area contributed by atoms with Gasteiger partial charge >= 0.3 is 12.0 Å². The fourth-order valence-corrected chi connectivity index (χ4v) is 2.40. The summed E-state index contributed by atoms with van der Waals surface area (Å²) >= 11 is 3.39. The Morgan fingerprint density at radius 3 is 2.80 bits per heavy atom. The van der Waals surface area contributed by atoms with Gasteiger partial charge in [-0.25, -0.2) is 4.79 Å². The molecule has 2 unspecified atom stereocenters. The van der Waals surface area contributed by atoms with Crippen LogP contribution < -0.4 is 10.6 Å². The van der Waals surface area contributed by atoms with E-state index in [0.717, 1.165) is 10.0 Å². The number of carbonyl (C=O) groups is 2. The molecule has 3 N–H and O–H groups in total. The molecule has 0 spiro atoms.